The van der Waals surface area contributed by atoms with E-state index in [-0.39, 0.29) is 5.60 Å². The first-order valence-corrected chi connectivity index (χ1v) is 16.5. The molecule has 6 aromatic carbocycles. The van der Waals surface area contributed by atoms with Crippen molar-refractivity contribution in [3.8, 4) is 40.2 Å². The van der Waals surface area contributed by atoms with Gasteiger partial charge in [-0.25, -0.2) is 0 Å². The van der Waals surface area contributed by atoms with E-state index in [1.165, 1.54) is 26.5 Å². The van der Waals surface area contributed by atoms with Crippen molar-refractivity contribution in [2.24, 2.45) is 0 Å². The van der Waals surface area contributed by atoms with Crippen molar-refractivity contribution in [3.63, 3.8) is 0 Å². The van der Waals surface area contributed by atoms with E-state index in [0.717, 1.165) is 46.7 Å². The molecule has 6 rings (SSSR count). The number of aryl methyl sites for hydroxylation is 1. The van der Waals surface area contributed by atoms with Crippen molar-refractivity contribution in [1.29, 1.82) is 0 Å². The van der Waals surface area contributed by atoms with Gasteiger partial charge >= 0.3 is 0 Å². The Morgan fingerprint density at radius 1 is 0.404 bits per heavy atom. The van der Waals surface area contributed by atoms with Crippen molar-refractivity contribution in [1.82, 2.24) is 0 Å². The average Bonchev–Trinajstić information content (AvgIpc) is 3.06. The molecule has 236 valence electrons. The van der Waals surface area contributed by atoms with E-state index in [9.17, 15) is 0 Å². The average molecular weight is 639 g/mol. The second-order valence-electron chi connectivity index (χ2n) is 12.3. The maximum Gasteiger partial charge on any atom is 0.127 e. The van der Waals surface area contributed by atoms with E-state index in [4.69, 9.17) is 18.9 Å². The third-order valence-electron chi connectivity index (χ3n) is 7.11. The molecule has 0 spiro atoms. The Labute approximate surface area is 281 Å². The van der Waals surface area contributed by atoms with Crippen molar-refractivity contribution < 1.29 is 18.9 Å². The highest BCUT2D eigenvalue weighted by atomic mass is 32.2. The van der Waals surface area contributed by atoms with Gasteiger partial charge in [-0.05, 0) is 154 Å². The Hall–Kier alpha value is -5.13. The first-order chi connectivity index (χ1) is 22.7. The molecule has 4 nitrogen and oxygen atoms in total. The third-order valence-corrected chi connectivity index (χ3v) is 8.13. The Bertz CT molecular complexity index is 1860. The van der Waals surface area contributed by atoms with Gasteiger partial charge in [-0.1, -0.05) is 53.7 Å². The zero-order valence-electron chi connectivity index (χ0n) is 27.1. The van der Waals surface area contributed by atoms with Gasteiger partial charge in [-0.15, -0.1) is 0 Å². The summed E-state index contributed by atoms with van der Waals surface area (Å²) >= 11 is 1.74. The van der Waals surface area contributed by atoms with Crippen LogP contribution in [-0.4, -0.2) is 5.60 Å². The van der Waals surface area contributed by atoms with Crippen LogP contribution in [0, 0.1) is 6.92 Å². The highest BCUT2D eigenvalue weighted by Crippen LogP contribution is 2.32. The van der Waals surface area contributed by atoms with Gasteiger partial charge in [0.05, 0.1) is 0 Å². The van der Waals surface area contributed by atoms with Crippen LogP contribution in [0.15, 0.2) is 155 Å². The van der Waals surface area contributed by atoms with Gasteiger partial charge in [0.2, 0.25) is 0 Å². The van der Waals surface area contributed by atoms with E-state index < -0.39 is 0 Å². The number of hydrogen-bond donors (Lipinski definition) is 0. The summed E-state index contributed by atoms with van der Waals surface area (Å²) < 4.78 is 24.1. The van der Waals surface area contributed by atoms with Crippen LogP contribution in [0.4, 0.5) is 0 Å². The smallest absolute Gasteiger partial charge is 0.127 e. The lowest BCUT2D eigenvalue weighted by atomic mass is 10.0. The second kappa shape index (κ2) is 14.5. The van der Waals surface area contributed by atoms with Gasteiger partial charge < -0.3 is 18.9 Å². The predicted molar refractivity (Wildman–Crippen MR) is 191 cm³/mol. The summed E-state index contributed by atoms with van der Waals surface area (Å²) in [6.07, 6.45) is 0.817. The molecule has 0 aliphatic carbocycles. The van der Waals surface area contributed by atoms with E-state index in [0.29, 0.717) is 0 Å². The van der Waals surface area contributed by atoms with E-state index >= 15 is 0 Å². The van der Waals surface area contributed by atoms with Gasteiger partial charge in [0, 0.05) is 9.79 Å². The first kappa shape index (κ1) is 31.8. The van der Waals surface area contributed by atoms with Crippen LogP contribution in [0.25, 0.3) is 0 Å². The van der Waals surface area contributed by atoms with Crippen LogP contribution in [0.2, 0.25) is 0 Å². The van der Waals surface area contributed by atoms with Crippen LogP contribution < -0.4 is 18.9 Å². The zero-order chi connectivity index (χ0) is 32.6. The van der Waals surface area contributed by atoms with E-state index in [2.05, 4.69) is 67.6 Å². The summed E-state index contributed by atoms with van der Waals surface area (Å²) in [5.74, 6) is 5.48. The van der Waals surface area contributed by atoms with Gasteiger partial charge in [0.1, 0.15) is 45.8 Å². The highest BCUT2D eigenvalue weighted by Gasteiger charge is 2.11. The summed E-state index contributed by atoms with van der Waals surface area (Å²) in [5.41, 5.74) is 3.44. The molecule has 0 N–H and O–H groups in total. The van der Waals surface area contributed by atoms with Crippen molar-refractivity contribution in [2.45, 2.75) is 49.5 Å². The molecule has 0 amide bonds. The maximum atomic E-state index is 6.09. The molecule has 47 heavy (non-hydrogen) atoms. The fraction of sp³-hybridized carbons (Fsp3) is 0.143. The first-order valence-electron chi connectivity index (χ1n) is 15.7. The minimum atomic E-state index is -0.231. The quantitative estimate of drug-likeness (QED) is 0.141. The lowest BCUT2D eigenvalue weighted by Crippen LogP contribution is -2.22. The monoisotopic (exact) mass is 638 g/mol. The molecule has 0 aliphatic heterocycles. The molecule has 0 atom stereocenters. The third kappa shape index (κ3) is 9.68. The molecule has 5 heteroatoms. The SMILES string of the molecule is Cc1ccc(Sc2ccc(Oc3ccc(Oc4ccc(Cc5ccc(Oc6ccc(OC(C)(C)C)cc6)cc5)cc4)cc3)cc2)cc1. The second-order valence-corrected chi connectivity index (χ2v) is 13.5. The molecule has 0 radical (unpaired) electrons. The molecule has 0 saturated heterocycles. The molecule has 0 aromatic heterocycles. The minimum Gasteiger partial charge on any atom is -0.488 e. The molecule has 0 unspecified atom stereocenters. The highest BCUT2D eigenvalue weighted by molar-refractivity contribution is 7.99. The molecule has 0 heterocycles. The van der Waals surface area contributed by atoms with Gasteiger partial charge in [-0.2, -0.15) is 0 Å². The van der Waals surface area contributed by atoms with Crippen molar-refractivity contribution in [3.05, 3.63) is 162 Å². The van der Waals surface area contributed by atoms with Crippen LogP contribution in [0.5, 0.6) is 40.2 Å². The van der Waals surface area contributed by atoms with Crippen LogP contribution >= 0.6 is 11.8 Å². The number of hydrogen-bond acceptors (Lipinski definition) is 5. The van der Waals surface area contributed by atoms with Gasteiger partial charge in [0.15, 0.2) is 0 Å². The normalized spacial score (nSPS) is 11.1. The van der Waals surface area contributed by atoms with Crippen molar-refractivity contribution >= 4 is 11.8 Å². The predicted octanol–water partition coefficient (Wildman–Crippen LogP) is 12.3. The molecule has 0 aliphatic rings. The largest absolute Gasteiger partial charge is 0.488 e. The van der Waals surface area contributed by atoms with Crippen LogP contribution in [0.1, 0.15) is 37.5 Å². The fourth-order valence-corrected chi connectivity index (χ4v) is 5.63. The fourth-order valence-electron chi connectivity index (χ4n) is 4.82. The standard InChI is InChI=1S/C42H38O4S/c1-30-5-25-40(26-6-30)47-41-27-23-38(24-28-41)45-36-17-15-35(16-18-36)43-33-11-7-31(8-12-33)29-32-9-13-34(14-10-32)44-37-19-21-39(22-20-37)46-42(2,3)4/h5-28H,29H2,1-4H3. The number of ether oxygens (including phenoxy) is 4. The van der Waals surface area contributed by atoms with E-state index in [1.807, 2.05) is 106 Å². The lowest BCUT2D eigenvalue weighted by Gasteiger charge is -2.21. The Kier molecular flexibility index (Phi) is 9.84. The summed E-state index contributed by atoms with van der Waals surface area (Å²) in [6.45, 7) is 8.20. The molecule has 0 saturated carbocycles. The van der Waals surface area contributed by atoms with Gasteiger partial charge in [0.25, 0.3) is 0 Å². The zero-order valence-corrected chi connectivity index (χ0v) is 27.9. The van der Waals surface area contributed by atoms with E-state index in [1.54, 1.807) is 11.8 Å². The number of benzene rings is 6. The molecule has 6 aromatic rings. The summed E-state index contributed by atoms with van der Waals surface area (Å²) in [5, 5.41) is 0. The van der Waals surface area contributed by atoms with Crippen LogP contribution in [0.3, 0.4) is 0 Å². The summed E-state index contributed by atoms with van der Waals surface area (Å²) in [6, 6.07) is 48.5. The lowest BCUT2D eigenvalue weighted by molar-refractivity contribution is 0.131. The molecular formula is C42H38O4S. The molecule has 0 bridgehead atoms. The van der Waals surface area contributed by atoms with Crippen LogP contribution in [-0.2, 0) is 6.42 Å². The summed E-state index contributed by atoms with van der Waals surface area (Å²) in [7, 11) is 0. The molecule has 0 fully saturated rings. The Morgan fingerprint density at radius 3 is 1.06 bits per heavy atom. The number of rotatable bonds is 11. The summed E-state index contributed by atoms with van der Waals surface area (Å²) in [4.78, 5) is 2.39. The van der Waals surface area contributed by atoms with Gasteiger partial charge in [-0.3, -0.25) is 0 Å². The van der Waals surface area contributed by atoms with Crippen molar-refractivity contribution in [2.75, 3.05) is 0 Å². The topological polar surface area (TPSA) is 36.9 Å². The Balaban J connectivity index is 0.969. The maximum absolute atomic E-state index is 6.09. The minimum absolute atomic E-state index is 0.231. The molecular weight excluding hydrogens is 601 g/mol. The Morgan fingerprint density at radius 2 is 0.702 bits per heavy atom.